The van der Waals surface area contributed by atoms with Crippen LogP contribution in [0.25, 0.3) is 0 Å². The molecule has 0 amide bonds. The first-order chi connectivity index (χ1) is 9.86. The molecule has 1 saturated carbocycles. The summed E-state index contributed by atoms with van der Waals surface area (Å²) in [5.74, 6) is 0. The van der Waals surface area contributed by atoms with Gasteiger partial charge in [-0.3, -0.25) is 9.80 Å². The highest BCUT2D eigenvalue weighted by atomic mass is 16.5. The van der Waals surface area contributed by atoms with Gasteiger partial charge in [-0.1, -0.05) is 6.92 Å². The molecule has 3 rings (SSSR count). The van der Waals surface area contributed by atoms with Crippen LogP contribution in [0.4, 0.5) is 0 Å². The van der Waals surface area contributed by atoms with Gasteiger partial charge in [-0.15, -0.1) is 0 Å². The molecule has 0 aromatic rings. The van der Waals surface area contributed by atoms with Crippen LogP contribution in [0.1, 0.15) is 39.0 Å². The molecule has 0 aromatic carbocycles. The number of hydrogen-bond acceptors (Lipinski definition) is 4. The molecule has 2 saturated heterocycles. The lowest BCUT2D eigenvalue weighted by atomic mass is 10.2. The zero-order valence-corrected chi connectivity index (χ0v) is 13.0. The van der Waals surface area contributed by atoms with E-state index < -0.39 is 0 Å². The first kappa shape index (κ1) is 14.8. The van der Waals surface area contributed by atoms with Gasteiger partial charge in [0.15, 0.2) is 0 Å². The van der Waals surface area contributed by atoms with Crippen molar-refractivity contribution < 1.29 is 4.74 Å². The van der Waals surface area contributed by atoms with Gasteiger partial charge in [-0.2, -0.15) is 0 Å². The van der Waals surface area contributed by atoms with E-state index in [1.807, 2.05) is 0 Å². The summed E-state index contributed by atoms with van der Waals surface area (Å²) >= 11 is 0. The Kier molecular flexibility index (Phi) is 5.32. The van der Waals surface area contributed by atoms with E-state index in [-0.39, 0.29) is 0 Å². The predicted molar refractivity (Wildman–Crippen MR) is 82.1 cm³/mol. The molecule has 20 heavy (non-hydrogen) atoms. The van der Waals surface area contributed by atoms with E-state index in [0.29, 0.717) is 0 Å². The second-order valence-corrected chi connectivity index (χ2v) is 6.70. The van der Waals surface area contributed by atoms with Crippen LogP contribution >= 0.6 is 0 Å². The summed E-state index contributed by atoms with van der Waals surface area (Å²) in [7, 11) is 0. The van der Waals surface area contributed by atoms with Crippen molar-refractivity contribution in [3.05, 3.63) is 0 Å². The molecule has 2 heterocycles. The van der Waals surface area contributed by atoms with Gasteiger partial charge in [-0.05, 0) is 38.6 Å². The number of hydrogen-bond donors (Lipinski definition) is 1. The largest absolute Gasteiger partial charge is 0.379 e. The van der Waals surface area contributed by atoms with Crippen molar-refractivity contribution >= 4 is 0 Å². The number of ether oxygens (including phenoxy) is 1. The van der Waals surface area contributed by atoms with Crippen LogP contribution in [0, 0.1) is 0 Å². The SMILES string of the molecule is CCCNC1CCC(N2CCC(N3CCOCC3)C2)C1. The third-order valence-electron chi connectivity index (χ3n) is 5.36. The van der Waals surface area contributed by atoms with Gasteiger partial charge in [0.1, 0.15) is 0 Å². The number of nitrogens with zero attached hydrogens (tertiary/aromatic N) is 2. The smallest absolute Gasteiger partial charge is 0.0594 e. The highest BCUT2D eigenvalue weighted by Gasteiger charge is 2.35. The third-order valence-corrected chi connectivity index (χ3v) is 5.36. The van der Waals surface area contributed by atoms with E-state index in [2.05, 4.69) is 22.0 Å². The summed E-state index contributed by atoms with van der Waals surface area (Å²) in [5, 5.41) is 3.71. The van der Waals surface area contributed by atoms with Crippen LogP contribution in [-0.4, -0.2) is 73.9 Å². The second-order valence-electron chi connectivity index (χ2n) is 6.70. The molecule has 3 aliphatic rings. The summed E-state index contributed by atoms with van der Waals surface area (Å²) in [6, 6.07) is 2.42. The Labute approximate surface area is 123 Å². The summed E-state index contributed by atoms with van der Waals surface area (Å²) in [6.45, 7) is 10.2. The molecule has 0 spiro atoms. The molecule has 4 nitrogen and oxygen atoms in total. The van der Waals surface area contributed by atoms with Crippen LogP contribution < -0.4 is 5.32 Å². The Morgan fingerprint density at radius 1 is 1.00 bits per heavy atom. The minimum absolute atomic E-state index is 0.780. The lowest BCUT2D eigenvalue weighted by molar-refractivity contribution is 0.0176. The monoisotopic (exact) mass is 281 g/mol. The Balaban J connectivity index is 1.43. The van der Waals surface area contributed by atoms with E-state index in [0.717, 1.165) is 44.4 Å². The Morgan fingerprint density at radius 2 is 1.85 bits per heavy atom. The Hall–Kier alpha value is -0.160. The molecule has 1 aliphatic carbocycles. The molecular formula is C16H31N3O. The zero-order chi connectivity index (χ0) is 13.8. The van der Waals surface area contributed by atoms with Crippen molar-refractivity contribution in [2.24, 2.45) is 0 Å². The van der Waals surface area contributed by atoms with Crippen molar-refractivity contribution in [1.29, 1.82) is 0 Å². The maximum absolute atomic E-state index is 5.47. The van der Waals surface area contributed by atoms with E-state index in [4.69, 9.17) is 4.74 Å². The molecule has 3 atom stereocenters. The molecular weight excluding hydrogens is 250 g/mol. The number of nitrogens with one attached hydrogen (secondary N) is 1. The van der Waals surface area contributed by atoms with Gasteiger partial charge < -0.3 is 10.1 Å². The fourth-order valence-electron chi connectivity index (χ4n) is 4.16. The van der Waals surface area contributed by atoms with Gasteiger partial charge >= 0.3 is 0 Å². The number of morpholine rings is 1. The van der Waals surface area contributed by atoms with Crippen LogP contribution in [0.15, 0.2) is 0 Å². The minimum atomic E-state index is 0.780. The predicted octanol–water partition coefficient (Wildman–Crippen LogP) is 1.31. The van der Waals surface area contributed by atoms with Crippen molar-refractivity contribution in [3.8, 4) is 0 Å². The van der Waals surface area contributed by atoms with E-state index >= 15 is 0 Å². The van der Waals surface area contributed by atoms with Crippen LogP contribution in [-0.2, 0) is 4.74 Å². The Morgan fingerprint density at radius 3 is 2.65 bits per heavy atom. The molecule has 1 N–H and O–H groups in total. The average Bonchev–Trinajstić information content (AvgIpc) is 3.15. The van der Waals surface area contributed by atoms with Crippen molar-refractivity contribution in [3.63, 3.8) is 0 Å². The second kappa shape index (κ2) is 7.21. The summed E-state index contributed by atoms with van der Waals surface area (Å²) < 4.78 is 5.47. The van der Waals surface area contributed by atoms with Gasteiger partial charge in [0.25, 0.3) is 0 Å². The fourth-order valence-corrected chi connectivity index (χ4v) is 4.16. The minimum Gasteiger partial charge on any atom is -0.379 e. The molecule has 116 valence electrons. The topological polar surface area (TPSA) is 27.7 Å². The molecule has 3 unspecified atom stereocenters. The average molecular weight is 281 g/mol. The van der Waals surface area contributed by atoms with E-state index in [1.54, 1.807) is 0 Å². The van der Waals surface area contributed by atoms with Crippen molar-refractivity contribution in [2.45, 2.75) is 57.2 Å². The zero-order valence-electron chi connectivity index (χ0n) is 13.0. The summed E-state index contributed by atoms with van der Waals surface area (Å²) in [5.41, 5.74) is 0. The molecule has 0 radical (unpaired) electrons. The van der Waals surface area contributed by atoms with Crippen molar-refractivity contribution in [1.82, 2.24) is 15.1 Å². The Bertz CT molecular complexity index is 293. The molecule has 3 fully saturated rings. The maximum atomic E-state index is 5.47. The molecule has 0 bridgehead atoms. The lowest BCUT2D eigenvalue weighted by Gasteiger charge is -2.33. The van der Waals surface area contributed by atoms with Gasteiger partial charge in [-0.25, -0.2) is 0 Å². The molecule has 4 heteroatoms. The van der Waals surface area contributed by atoms with Gasteiger partial charge in [0.05, 0.1) is 13.2 Å². The highest BCUT2D eigenvalue weighted by molar-refractivity contribution is 4.93. The van der Waals surface area contributed by atoms with Crippen molar-refractivity contribution in [2.75, 3.05) is 45.9 Å². The third kappa shape index (κ3) is 3.53. The fraction of sp³-hybridized carbons (Fsp3) is 1.00. The number of likely N-dealkylation sites (tertiary alicyclic amines) is 1. The summed E-state index contributed by atoms with van der Waals surface area (Å²) in [4.78, 5) is 5.43. The summed E-state index contributed by atoms with van der Waals surface area (Å²) in [6.07, 6.45) is 6.77. The maximum Gasteiger partial charge on any atom is 0.0594 e. The highest BCUT2D eigenvalue weighted by Crippen LogP contribution is 2.28. The standard InChI is InChI=1S/C16H31N3O/c1-2-6-17-14-3-4-15(12-14)19-7-5-16(13-19)18-8-10-20-11-9-18/h14-17H,2-13H2,1H3. The van der Waals surface area contributed by atoms with E-state index in [1.165, 1.54) is 51.7 Å². The normalized spacial score (nSPS) is 36.8. The van der Waals surface area contributed by atoms with E-state index in [9.17, 15) is 0 Å². The quantitative estimate of drug-likeness (QED) is 0.822. The first-order valence-electron chi connectivity index (χ1n) is 8.66. The molecule has 0 aromatic heterocycles. The first-order valence-corrected chi connectivity index (χ1v) is 8.66. The lowest BCUT2D eigenvalue weighted by Crippen LogP contribution is -2.45. The van der Waals surface area contributed by atoms with Crippen LogP contribution in [0.2, 0.25) is 0 Å². The van der Waals surface area contributed by atoms with Crippen LogP contribution in [0.5, 0.6) is 0 Å². The molecule has 2 aliphatic heterocycles. The number of rotatable bonds is 5. The van der Waals surface area contributed by atoms with Crippen LogP contribution in [0.3, 0.4) is 0 Å². The van der Waals surface area contributed by atoms with Gasteiger partial charge in [0, 0.05) is 44.3 Å². The van der Waals surface area contributed by atoms with Gasteiger partial charge in [0.2, 0.25) is 0 Å².